The molecule has 2 aromatic carbocycles. The molecule has 0 aromatic heterocycles. The first-order chi connectivity index (χ1) is 12.5. The van der Waals surface area contributed by atoms with Crippen LogP contribution in [0.1, 0.15) is 42.4 Å². The summed E-state index contributed by atoms with van der Waals surface area (Å²) in [6.45, 7) is 0.410. The average molecular weight is 352 g/mol. The topological polar surface area (TPSA) is 49.7 Å². The van der Waals surface area contributed by atoms with E-state index < -0.39 is 5.60 Å². The predicted octanol–water partition coefficient (Wildman–Crippen LogP) is 4.00. The lowest BCUT2D eigenvalue weighted by Gasteiger charge is -2.53. The van der Waals surface area contributed by atoms with Crippen molar-refractivity contribution < 1.29 is 14.9 Å². The van der Waals surface area contributed by atoms with Gasteiger partial charge in [-0.1, -0.05) is 36.4 Å². The van der Waals surface area contributed by atoms with E-state index in [1.165, 1.54) is 16.7 Å². The fourth-order valence-corrected chi connectivity index (χ4v) is 5.44. The molecule has 3 nitrogen and oxygen atoms in total. The molecular formula is C23H28O3. The standard InChI is InChI=1S/C23H28O3/c1-26-16-22(25)11-12-23(14-17-5-3-2-4-6-17)19(15-22)8-7-18-13-20(24)9-10-21(18)23/h2-6,9-10,13,19,24-25H,7-8,11-12,14-16H2,1H3/t19-,22+,23+/m1/s1. The van der Waals surface area contributed by atoms with E-state index in [9.17, 15) is 10.2 Å². The van der Waals surface area contributed by atoms with Crippen molar-refractivity contribution in [2.75, 3.05) is 13.7 Å². The highest BCUT2D eigenvalue weighted by atomic mass is 16.5. The van der Waals surface area contributed by atoms with Crippen LogP contribution in [0.4, 0.5) is 0 Å². The van der Waals surface area contributed by atoms with Gasteiger partial charge in [0.15, 0.2) is 0 Å². The molecule has 4 rings (SSSR count). The normalized spacial score (nSPS) is 30.5. The summed E-state index contributed by atoms with van der Waals surface area (Å²) in [7, 11) is 1.67. The number of ether oxygens (including phenoxy) is 1. The van der Waals surface area contributed by atoms with Crippen molar-refractivity contribution in [3.8, 4) is 5.75 Å². The van der Waals surface area contributed by atoms with Gasteiger partial charge in [-0.3, -0.25) is 0 Å². The molecule has 1 saturated carbocycles. The van der Waals surface area contributed by atoms with Crippen molar-refractivity contribution >= 4 is 0 Å². The third kappa shape index (κ3) is 3.04. The van der Waals surface area contributed by atoms with Gasteiger partial charge in [-0.15, -0.1) is 0 Å². The van der Waals surface area contributed by atoms with Crippen molar-refractivity contribution in [2.45, 2.75) is 49.5 Å². The van der Waals surface area contributed by atoms with Crippen LogP contribution in [0.25, 0.3) is 0 Å². The molecule has 3 atom stereocenters. The molecule has 0 heterocycles. The van der Waals surface area contributed by atoms with Gasteiger partial charge in [-0.2, -0.15) is 0 Å². The van der Waals surface area contributed by atoms with E-state index in [4.69, 9.17) is 4.74 Å². The SMILES string of the molecule is COC[C@]1(O)CC[C@@]2(Cc3ccccc3)c3ccc(O)cc3CC[C@@H]2C1. The summed E-state index contributed by atoms with van der Waals surface area (Å²) >= 11 is 0. The van der Waals surface area contributed by atoms with Gasteiger partial charge in [-0.05, 0) is 73.3 Å². The van der Waals surface area contributed by atoms with E-state index in [2.05, 4.69) is 36.4 Å². The first kappa shape index (κ1) is 17.6. The Morgan fingerprint density at radius 3 is 2.69 bits per heavy atom. The van der Waals surface area contributed by atoms with Crippen LogP contribution in [-0.2, 0) is 23.0 Å². The second-order valence-corrected chi connectivity index (χ2v) is 8.26. The molecule has 2 aromatic rings. The van der Waals surface area contributed by atoms with Gasteiger partial charge in [0.2, 0.25) is 0 Å². The van der Waals surface area contributed by atoms with Crippen molar-refractivity contribution in [3.05, 3.63) is 65.2 Å². The molecule has 0 bridgehead atoms. The first-order valence-electron chi connectivity index (χ1n) is 9.62. The maximum atomic E-state index is 11.0. The van der Waals surface area contributed by atoms with Crippen molar-refractivity contribution in [3.63, 3.8) is 0 Å². The van der Waals surface area contributed by atoms with Gasteiger partial charge in [0, 0.05) is 12.5 Å². The zero-order chi connectivity index (χ0) is 18.2. The highest BCUT2D eigenvalue weighted by Crippen LogP contribution is 2.54. The predicted molar refractivity (Wildman–Crippen MR) is 102 cm³/mol. The Bertz CT molecular complexity index is 772. The minimum absolute atomic E-state index is 0.0304. The summed E-state index contributed by atoms with van der Waals surface area (Å²) in [5, 5.41) is 21.0. The summed E-state index contributed by atoms with van der Waals surface area (Å²) in [4.78, 5) is 0. The third-order valence-electron chi connectivity index (χ3n) is 6.61. The number of aromatic hydroxyl groups is 1. The third-order valence-corrected chi connectivity index (χ3v) is 6.61. The zero-order valence-corrected chi connectivity index (χ0v) is 15.4. The number of methoxy groups -OCH3 is 1. The van der Waals surface area contributed by atoms with Gasteiger partial charge < -0.3 is 14.9 Å². The summed E-state index contributed by atoms with van der Waals surface area (Å²) < 4.78 is 5.32. The fraction of sp³-hybridized carbons (Fsp3) is 0.478. The van der Waals surface area contributed by atoms with Crippen molar-refractivity contribution in [1.29, 1.82) is 0 Å². The maximum absolute atomic E-state index is 11.0. The van der Waals surface area contributed by atoms with Crippen molar-refractivity contribution in [1.82, 2.24) is 0 Å². The number of fused-ring (bicyclic) bond motifs is 3. The number of aryl methyl sites for hydroxylation is 1. The van der Waals surface area contributed by atoms with Crippen LogP contribution >= 0.6 is 0 Å². The number of benzene rings is 2. The molecule has 26 heavy (non-hydrogen) atoms. The van der Waals surface area contributed by atoms with Crippen LogP contribution in [0.5, 0.6) is 5.75 Å². The van der Waals surface area contributed by atoms with Gasteiger partial charge in [-0.25, -0.2) is 0 Å². The van der Waals surface area contributed by atoms with E-state index in [1.54, 1.807) is 7.11 Å². The second-order valence-electron chi connectivity index (χ2n) is 8.26. The molecular weight excluding hydrogens is 324 g/mol. The monoisotopic (exact) mass is 352 g/mol. The molecule has 0 amide bonds. The highest BCUT2D eigenvalue weighted by molar-refractivity contribution is 5.44. The minimum atomic E-state index is -0.714. The summed E-state index contributed by atoms with van der Waals surface area (Å²) in [6, 6.07) is 16.6. The van der Waals surface area contributed by atoms with E-state index in [1.807, 2.05) is 12.1 Å². The Hall–Kier alpha value is -1.84. The summed E-state index contributed by atoms with van der Waals surface area (Å²) in [5.74, 6) is 0.775. The smallest absolute Gasteiger partial charge is 0.115 e. The van der Waals surface area contributed by atoms with Crippen LogP contribution in [0.2, 0.25) is 0 Å². The Morgan fingerprint density at radius 1 is 1.12 bits per heavy atom. The second kappa shape index (κ2) is 6.71. The number of rotatable bonds is 4. The summed E-state index contributed by atoms with van der Waals surface area (Å²) in [5.41, 5.74) is 3.30. The molecule has 0 aliphatic heterocycles. The number of hydrogen-bond acceptors (Lipinski definition) is 3. The van der Waals surface area contributed by atoms with E-state index in [0.717, 1.165) is 38.5 Å². The average Bonchev–Trinajstić information content (AvgIpc) is 2.63. The lowest BCUT2D eigenvalue weighted by Crippen LogP contribution is -2.52. The van der Waals surface area contributed by atoms with Gasteiger partial charge >= 0.3 is 0 Å². The number of phenolic OH excluding ortho intramolecular Hbond substituents is 1. The fourth-order valence-electron chi connectivity index (χ4n) is 5.44. The molecule has 3 heteroatoms. The van der Waals surface area contributed by atoms with Crippen LogP contribution < -0.4 is 0 Å². The molecule has 2 aliphatic rings. The van der Waals surface area contributed by atoms with Crippen molar-refractivity contribution in [2.24, 2.45) is 5.92 Å². The van der Waals surface area contributed by atoms with Crippen LogP contribution in [0.15, 0.2) is 48.5 Å². The molecule has 0 radical (unpaired) electrons. The van der Waals surface area contributed by atoms with Crippen LogP contribution in [0, 0.1) is 5.92 Å². The minimum Gasteiger partial charge on any atom is -0.508 e. The maximum Gasteiger partial charge on any atom is 0.115 e. The molecule has 138 valence electrons. The summed E-state index contributed by atoms with van der Waals surface area (Å²) in [6.07, 6.45) is 5.49. The Morgan fingerprint density at radius 2 is 1.92 bits per heavy atom. The molecule has 0 spiro atoms. The van der Waals surface area contributed by atoms with Gasteiger partial charge in [0.1, 0.15) is 5.75 Å². The molecule has 2 N–H and O–H groups in total. The van der Waals surface area contributed by atoms with E-state index >= 15 is 0 Å². The zero-order valence-electron chi connectivity index (χ0n) is 15.4. The van der Waals surface area contributed by atoms with Crippen LogP contribution in [0.3, 0.4) is 0 Å². The quantitative estimate of drug-likeness (QED) is 0.874. The Labute approximate surface area is 155 Å². The molecule has 0 saturated heterocycles. The molecule has 1 fully saturated rings. The van der Waals surface area contributed by atoms with Crippen LogP contribution in [-0.4, -0.2) is 29.5 Å². The molecule has 2 aliphatic carbocycles. The number of hydrogen-bond donors (Lipinski definition) is 2. The highest BCUT2D eigenvalue weighted by Gasteiger charge is 2.51. The van der Waals surface area contributed by atoms with E-state index in [0.29, 0.717) is 18.3 Å². The van der Waals surface area contributed by atoms with Gasteiger partial charge in [0.05, 0.1) is 12.2 Å². The lowest BCUT2D eigenvalue weighted by atomic mass is 9.52. The number of phenols is 1. The first-order valence-corrected chi connectivity index (χ1v) is 9.62. The molecule has 0 unspecified atom stereocenters. The van der Waals surface area contributed by atoms with E-state index in [-0.39, 0.29) is 5.41 Å². The number of aliphatic hydroxyl groups is 1. The Kier molecular flexibility index (Phi) is 4.54. The Balaban J connectivity index is 1.76. The largest absolute Gasteiger partial charge is 0.508 e. The lowest BCUT2D eigenvalue weighted by molar-refractivity contribution is -0.0919. The van der Waals surface area contributed by atoms with Gasteiger partial charge in [0.25, 0.3) is 0 Å².